The van der Waals surface area contributed by atoms with Crippen molar-refractivity contribution in [3.05, 3.63) is 118 Å². The first-order chi connectivity index (χ1) is 24.9. The zero-order valence-electron chi connectivity index (χ0n) is 31.0. The monoisotopic (exact) mass is 739 g/mol. The zero-order chi connectivity index (χ0) is 36.7. The molecular weight excluding hydrogens is 691 g/mol. The lowest BCUT2D eigenvalue weighted by Crippen LogP contribution is -2.52. The molecule has 0 aromatic heterocycles. The van der Waals surface area contributed by atoms with Gasteiger partial charge in [-0.05, 0) is 95.0 Å². The van der Waals surface area contributed by atoms with Gasteiger partial charge in [0, 0.05) is 17.5 Å². The van der Waals surface area contributed by atoms with E-state index in [9.17, 15) is 5.11 Å². The number of ether oxygens (including phenoxy) is 4. The molecule has 3 aromatic carbocycles. The van der Waals surface area contributed by atoms with Crippen LogP contribution in [-0.2, 0) is 19.5 Å². The molecule has 0 spiro atoms. The van der Waals surface area contributed by atoms with Crippen LogP contribution in [0.3, 0.4) is 0 Å². The number of hydrogen-bond donors (Lipinski definition) is 1. The second-order valence-electron chi connectivity index (χ2n) is 15.2. The molecule has 274 valence electrons. The molecular formula is C41H49N3O6SSi. The van der Waals surface area contributed by atoms with Crippen LogP contribution in [0.4, 0.5) is 0 Å². The van der Waals surface area contributed by atoms with Gasteiger partial charge in [-0.2, -0.15) is 5.10 Å². The topological polar surface area (TPSA) is 94.3 Å². The smallest absolute Gasteiger partial charge is 0.192 e. The highest BCUT2D eigenvalue weighted by Crippen LogP contribution is 2.45. The summed E-state index contributed by atoms with van der Waals surface area (Å²) in [6.07, 6.45) is 2.80. The molecule has 1 N–H and O–H groups in total. The fourth-order valence-corrected chi connectivity index (χ4v) is 9.15. The van der Waals surface area contributed by atoms with Gasteiger partial charge in [-0.3, -0.25) is 0 Å². The van der Waals surface area contributed by atoms with Crippen LogP contribution >= 0.6 is 11.9 Å². The molecule has 4 atom stereocenters. The summed E-state index contributed by atoms with van der Waals surface area (Å²) in [6, 6.07) is 26.0. The van der Waals surface area contributed by atoms with Crippen molar-refractivity contribution in [1.29, 1.82) is 0 Å². The molecule has 0 saturated carbocycles. The van der Waals surface area contributed by atoms with E-state index in [4.69, 9.17) is 28.5 Å². The highest BCUT2D eigenvalue weighted by atomic mass is 32.2. The van der Waals surface area contributed by atoms with Crippen LogP contribution in [0.2, 0.25) is 18.1 Å². The van der Waals surface area contributed by atoms with E-state index in [-0.39, 0.29) is 11.6 Å². The molecule has 11 heteroatoms. The second kappa shape index (κ2) is 14.6. The molecule has 0 bridgehead atoms. The highest BCUT2D eigenvalue weighted by Gasteiger charge is 2.53. The summed E-state index contributed by atoms with van der Waals surface area (Å²) in [7, 11) is 0.933. The average Bonchev–Trinajstić information content (AvgIpc) is 3.62. The first-order valence-electron chi connectivity index (χ1n) is 17.9. The predicted octanol–water partition coefficient (Wildman–Crippen LogP) is 7.87. The number of methoxy groups -OCH3 is 2. The third kappa shape index (κ3) is 6.78. The number of nitrogens with zero attached hydrogens (tertiary/aromatic N) is 3. The zero-order valence-corrected chi connectivity index (χ0v) is 32.9. The van der Waals surface area contributed by atoms with Gasteiger partial charge in [-0.1, -0.05) is 75.4 Å². The molecule has 0 amide bonds. The number of allylic oxidation sites excluding steroid dienone is 2. The van der Waals surface area contributed by atoms with Crippen LogP contribution in [0.15, 0.2) is 111 Å². The van der Waals surface area contributed by atoms with E-state index in [1.165, 1.54) is 16.7 Å². The van der Waals surface area contributed by atoms with E-state index >= 15 is 0 Å². The number of aliphatic hydroxyl groups is 1. The highest BCUT2D eigenvalue weighted by molar-refractivity contribution is 7.98. The number of benzene rings is 3. The Labute approximate surface area is 312 Å². The summed E-state index contributed by atoms with van der Waals surface area (Å²) in [4.78, 5) is 0. The summed E-state index contributed by atoms with van der Waals surface area (Å²) in [5.41, 5.74) is 6.30. The normalized spacial score (nSPS) is 23.3. The average molecular weight is 740 g/mol. The van der Waals surface area contributed by atoms with Crippen molar-refractivity contribution in [2.45, 2.75) is 81.9 Å². The van der Waals surface area contributed by atoms with Crippen molar-refractivity contribution in [2.24, 2.45) is 9.50 Å². The minimum atomic E-state index is -2.38. The SMILES string of the molecule is COc1ccc(C(OC[C@H]2O[C@@H](N3C=C4CCC5=C4C(=N3)C=NSC5)[C@H](O[Si](C)(C)C(C)(C)C)[C@@H]2O)(c2ccccc2)c2ccc(OC)cc2)cc1. The summed E-state index contributed by atoms with van der Waals surface area (Å²) in [5.74, 6) is 2.36. The summed E-state index contributed by atoms with van der Waals surface area (Å²) < 4.78 is 36.7. The molecule has 1 saturated heterocycles. The maximum Gasteiger partial charge on any atom is 0.192 e. The van der Waals surface area contributed by atoms with Crippen molar-refractivity contribution >= 4 is 32.2 Å². The lowest BCUT2D eigenvalue weighted by Gasteiger charge is -2.41. The lowest BCUT2D eigenvalue weighted by molar-refractivity contribution is -0.107. The lowest BCUT2D eigenvalue weighted by atomic mass is 9.80. The van der Waals surface area contributed by atoms with E-state index in [1.54, 1.807) is 26.2 Å². The van der Waals surface area contributed by atoms with Gasteiger partial charge in [-0.15, -0.1) is 0 Å². The number of hydrazone groups is 1. The molecule has 52 heavy (non-hydrogen) atoms. The van der Waals surface area contributed by atoms with E-state index in [0.29, 0.717) is 0 Å². The minimum Gasteiger partial charge on any atom is -0.497 e. The summed E-state index contributed by atoms with van der Waals surface area (Å²) >= 11 is 1.56. The van der Waals surface area contributed by atoms with E-state index < -0.39 is 38.5 Å². The van der Waals surface area contributed by atoms with Crippen LogP contribution < -0.4 is 9.47 Å². The van der Waals surface area contributed by atoms with Gasteiger partial charge in [0.2, 0.25) is 0 Å². The number of hydrogen-bond acceptors (Lipinski definition) is 10. The molecule has 1 fully saturated rings. The molecule has 0 radical (unpaired) electrons. The van der Waals surface area contributed by atoms with E-state index in [0.717, 1.165) is 52.5 Å². The Kier molecular flexibility index (Phi) is 10.3. The van der Waals surface area contributed by atoms with Crippen molar-refractivity contribution in [2.75, 3.05) is 26.6 Å². The molecule has 3 heterocycles. The molecule has 1 aliphatic carbocycles. The fraction of sp³-hybridized carbons (Fsp3) is 0.415. The van der Waals surface area contributed by atoms with Gasteiger partial charge in [0.25, 0.3) is 0 Å². The molecule has 4 aliphatic rings. The number of rotatable bonds is 11. The van der Waals surface area contributed by atoms with Gasteiger partial charge < -0.3 is 28.5 Å². The van der Waals surface area contributed by atoms with Crippen molar-refractivity contribution < 1.29 is 28.5 Å². The largest absolute Gasteiger partial charge is 0.497 e. The Balaban J connectivity index is 1.28. The standard InChI is InChI=1S/C41H49N3O6SSi/c1-40(2,3)52(6,7)50-38-37(45)35(49-39(38)44-24-27-13-14-28-26-51-42-23-34(43-44)36(27)28)25-48-41(29-11-9-8-10-12-29,30-15-19-32(46-4)20-16-30)31-17-21-33(47-5)22-18-31/h8-12,15-24,35,37-39,45H,13-14,25-26H2,1-7H3/t35-,37-,38-,39-/m1/s1. The fourth-order valence-electron chi connectivity index (χ4n) is 7.16. The first-order valence-corrected chi connectivity index (χ1v) is 21.8. The summed E-state index contributed by atoms with van der Waals surface area (Å²) in [5, 5.41) is 19.1. The van der Waals surface area contributed by atoms with E-state index in [1.807, 2.05) is 78.0 Å². The van der Waals surface area contributed by atoms with Gasteiger partial charge in [0.15, 0.2) is 14.5 Å². The third-order valence-electron chi connectivity index (χ3n) is 11.1. The van der Waals surface area contributed by atoms with Crippen LogP contribution in [0.25, 0.3) is 0 Å². The Morgan fingerprint density at radius 3 is 2.10 bits per heavy atom. The molecule has 3 aromatic rings. The van der Waals surface area contributed by atoms with Crippen LogP contribution in [0.1, 0.15) is 50.3 Å². The maximum absolute atomic E-state index is 12.3. The Morgan fingerprint density at radius 2 is 1.50 bits per heavy atom. The molecule has 0 unspecified atom stereocenters. The van der Waals surface area contributed by atoms with Gasteiger partial charge in [0.1, 0.15) is 41.1 Å². The van der Waals surface area contributed by atoms with Crippen molar-refractivity contribution in [1.82, 2.24) is 5.01 Å². The van der Waals surface area contributed by atoms with Crippen molar-refractivity contribution in [3.8, 4) is 11.5 Å². The molecule has 7 rings (SSSR count). The van der Waals surface area contributed by atoms with Gasteiger partial charge in [0.05, 0.1) is 27.0 Å². The van der Waals surface area contributed by atoms with Gasteiger partial charge in [-0.25, -0.2) is 9.41 Å². The molecule has 3 aliphatic heterocycles. The summed E-state index contributed by atoms with van der Waals surface area (Å²) in [6.45, 7) is 11.1. The van der Waals surface area contributed by atoms with Crippen LogP contribution in [0.5, 0.6) is 11.5 Å². The predicted molar refractivity (Wildman–Crippen MR) is 210 cm³/mol. The Bertz CT molecular complexity index is 1820. The first kappa shape index (κ1) is 36.6. The minimum absolute atomic E-state index is 0.0658. The van der Waals surface area contributed by atoms with E-state index in [2.05, 4.69) is 56.6 Å². The number of aliphatic hydroxyl groups excluding tert-OH is 1. The van der Waals surface area contributed by atoms with Crippen molar-refractivity contribution in [3.63, 3.8) is 0 Å². The third-order valence-corrected chi connectivity index (χ3v) is 16.3. The Hall–Kier alpha value is -3.71. The quantitative estimate of drug-likeness (QED) is 0.121. The van der Waals surface area contributed by atoms with Crippen LogP contribution in [-0.4, -0.2) is 81.5 Å². The van der Waals surface area contributed by atoms with Gasteiger partial charge >= 0.3 is 0 Å². The second-order valence-corrected chi connectivity index (χ2v) is 20.7. The van der Waals surface area contributed by atoms with Crippen LogP contribution in [0, 0.1) is 0 Å². The molecule has 9 nitrogen and oxygen atoms in total. The maximum atomic E-state index is 12.3. The Morgan fingerprint density at radius 1 is 0.885 bits per heavy atom.